The maximum Gasteiger partial charge on any atom is 0.0701 e. The highest BCUT2D eigenvalue weighted by Crippen LogP contribution is 2.40. The standard InChI is InChI=1S/C13H25NO2S/c1-2-15-10-12(14)11-3-6-16-13(9-11)4-7-17-8-5-13/h11-12H,2-10,14H2,1H3. The lowest BCUT2D eigenvalue weighted by Gasteiger charge is -2.44. The highest BCUT2D eigenvalue weighted by Gasteiger charge is 2.40. The highest BCUT2D eigenvalue weighted by atomic mass is 32.2. The zero-order chi connectivity index (χ0) is 12.1. The molecule has 0 radical (unpaired) electrons. The fraction of sp³-hybridized carbons (Fsp3) is 1.00. The van der Waals surface area contributed by atoms with E-state index >= 15 is 0 Å². The van der Waals surface area contributed by atoms with Crippen LogP contribution in [-0.4, -0.2) is 43.0 Å². The van der Waals surface area contributed by atoms with Gasteiger partial charge in [-0.25, -0.2) is 0 Å². The van der Waals surface area contributed by atoms with E-state index in [1.807, 2.05) is 6.92 Å². The average molecular weight is 259 g/mol. The van der Waals surface area contributed by atoms with Crippen LogP contribution < -0.4 is 5.73 Å². The van der Waals surface area contributed by atoms with Crippen molar-refractivity contribution in [3.63, 3.8) is 0 Å². The number of ether oxygens (including phenoxy) is 2. The van der Waals surface area contributed by atoms with Gasteiger partial charge in [0.25, 0.3) is 0 Å². The molecule has 2 atom stereocenters. The van der Waals surface area contributed by atoms with Crippen molar-refractivity contribution in [1.82, 2.24) is 0 Å². The van der Waals surface area contributed by atoms with E-state index in [0.717, 1.165) is 26.1 Å². The minimum Gasteiger partial charge on any atom is -0.380 e. The molecule has 0 aliphatic carbocycles. The number of hydrogen-bond donors (Lipinski definition) is 1. The zero-order valence-corrected chi connectivity index (χ0v) is 11.6. The van der Waals surface area contributed by atoms with E-state index in [-0.39, 0.29) is 11.6 Å². The minimum absolute atomic E-state index is 0.151. The van der Waals surface area contributed by atoms with Gasteiger partial charge in [-0.3, -0.25) is 0 Å². The molecule has 4 heteroatoms. The first-order valence-corrected chi connectivity index (χ1v) is 7.96. The molecule has 2 rings (SSSR count). The van der Waals surface area contributed by atoms with Gasteiger partial charge >= 0.3 is 0 Å². The van der Waals surface area contributed by atoms with Crippen molar-refractivity contribution in [2.24, 2.45) is 11.7 Å². The van der Waals surface area contributed by atoms with E-state index in [2.05, 4.69) is 11.8 Å². The third-order valence-corrected chi connectivity index (χ3v) is 5.04. The first-order valence-electron chi connectivity index (χ1n) is 6.81. The van der Waals surface area contributed by atoms with Crippen LogP contribution in [0.4, 0.5) is 0 Å². The van der Waals surface area contributed by atoms with Crippen LogP contribution >= 0.6 is 11.8 Å². The van der Waals surface area contributed by atoms with Gasteiger partial charge in [-0.15, -0.1) is 0 Å². The third-order valence-electron chi connectivity index (χ3n) is 4.06. The molecule has 0 aromatic carbocycles. The fourth-order valence-electron chi connectivity index (χ4n) is 2.91. The summed E-state index contributed by atoms with van der Waals surface area (Å²) in [6.07, 6.45) is 4.65. The average Bonchev–Trinajstić information content (AvgIpc) is 2.37. The first kappa shape index (κ1) is 13.7. The maximum atomic E-state index is 6.24. The van der Waals surface area contributed by atoms with Crippen LogP contribution in [0.2, 0.25) is 0 Å². The Labute approximate surface area is 109 Å². The lowest BCUT2D eigenvalue weighted by molar-refractivity contribution is -0.108. The lowest BCUT2D eigenvalue weighted by Crippen LogP contribution is -2.48. The van der Waals surface area contributed by atoms with Gasteiger partial charge < -0.3 is 15.2 Å². The van der Waals surface area contributed by atoms with Gasteiger partial charge in [-0.2, -0.15) is 11.8 Å². The van der Waals surface area contributed by atoms with Crippen LogP contribution in [0.15, 0.2) is 0 Å². The molecule has 2 unspecified atom stereocenters. The summed E-state index contributed by atoms with van der Waals surface area (Å²) in [5.74, 6) is 3.07. The van der Waals surface area contributed by atoms with Gasteiger partial charge in [0.2, 0.25) is 0 Å². The van der Waals surface area contributed by atoms with E-state index in [0.29, 0.717) is 12.5 Å². The molecule has 0 amide bonds. The van der Waals surface area contributed by atoms with E-state index in [4.69, 9.17) is 15.2 Å². The van der Waals surface area contributed by atoms with Gasteiger partial charge in [0, 0.05) is 19.3 Å². The van der Waals surface area contributed by atoms with Gasteiger partial charge in [-0.1, -0.05) is 0 Å². The van der Waals surface area contributed by atoms with E-state index in [9.17, 15) is 0 Å². The molecule has 17 heavy (non-hydrogen) atoms. The molecular formula is C13H25NO2S. The number of nitrogens with two attached hydrogens (primary N) is 1. The minimum atomic E-state index is 0.151. The summed E-state index contributed by atoms with van der Waals surface area (Å²) in [4.78, 5) is 0. The maximum absolute atomic E-state index is 6.24. The molecular weight excluding hydrogens is 234 g/mol. The molecule has 1 spiro atoms. The van der Waals surface area contributed by atoms with Gasteiger partial charge in [0.15, 0.2) is 0 Å². The van der Waals surface area contributed by atoms with E-state index < -0.39 is 0 Å². The number of thioether (sulfide) groups is 1. The number of hydrogen-bond acceptors (Lipinski definition) is 4. The summed E-state index contributed by atoms with van der Waals surface area (Å²) in [5, 5.41) is 0. The summed E-state index contributed by atoms with van der Waals surface area (Å²) in [6, 6.07) is 0.185. The lowest BCUT2D eigenvalue weighted by atomic mass is 9.79. The van der Waals surface area contributed by atoms with Crippen LogP contribution in [0.3, 0.4) is 0 Å². The van der Waals surface area contributed by atoms with Gasteiger partial charge in [-0.05, 0) is 50.0 Å². The van der Waals surface area contributed by atoms with Crippen LogP contribution in [0, 0.1) is 5.92 Å². The quantitative estimate of drug-likeness (QED) is 0.839. The van der Waals surface area contributed by atoms with Crippen molar-refractivity contribution < 1.29 is 9.47 Å². The van der Waals surface area contributed by atoms with Crippen LogP contribution in [0.1, 0.15) is 32.6 Å². The van der Waals surface area contributed by atoms with Crippen molar-refractivity contribution in [2.75, 3.05) is 31.3 Å². The SMILES string of the molecule is CCOCC(N)C1CCOC2(CCSCC2)C1. The smallest absolute Gasteiger partial charge is 0.0701 e. The zero-order valence-electron chi connectivity index (χ0n) is 10.8. The van der Waals surface area contributed by atoms with Crippen molar-refractivity contribution in [3.05, 3.63) is 0 Å². The fourth-order valence-corrected chi connectivity index (χ4v) is 4.15. The van der Waals surface area contributed by atoms with Crippen LogP contribution in [-0.2, 0) is 9.47 Å². The second-order valence-electron chi connectivity index (χ2n) is 5.22. The Morgan fingerprint density at radius 1 is 1.47 bits per heavy atom. The normalized spacial score (nSPS) is 30.4. The summed E-state index contributed by atoms with van der Waals surface area (Å²) in [6.45, 7) is 4.37. The molecule has 2 N–H and O–H groups in total. The van der Waals surface area contributed by atoms with Crippen molar-refractivity contribution in [2.45, 2.75) is 44.2 Å². The topological polar surface area (TPSA) is 44.5 Å². The van der Waals surface area contributed by atoms with Gasteiger partial charge in [0.05, 0.1) is 12.2 Å². The number of rotatable bonds is 4. The predicted octanol–water partition coefficient (Wildman–Crippen LogP) is 2.04. The second-order valence-corrected chi connectivity index (χ2v) is 6.44. The summed E-state index contributed by atoms with van der Waals surface area (Å²) < 4.78 is 11.5. The Kier molecular flexibility index (Phi) is 5.15. The highest BCUT2D eigenvalue weighted by molar-refractivity contribution is 7.99. The molecule has 2 aliphatic rings. The van der Waals surface area contributed by atoms with Gasteiger partial charge in [0.1, 0.15) is 0 Å². The van der Waals surface area contributed by atoms with Crippen molar-refractivity contribution >= 4 is 11.8 Å². The van der Waals surface area contributed by atoms with Crippen LogP contribution in [0.5, 0.6) is 0 Å². The molecule has 0 aromatic rings. The Hall–Kier alpha value is 0.230. The summed E-state index contributed by atoms with van der Waals surface area (Å²) >= 11 is 2.05. The van der Waals surface area contributed by atoms with Crippen molar-refractivity contribution in [1.29, 1.82) is 0 Å². The molecule has 2 saturated heterocycles. The Morgan fingerprint density at radius 2 is 2.24 bits per heavy atom. The molecule has 2 fully saturated rings. The second kappa shape index (κ2) is 6.41. The monoisotopic (exact) mass is 259 g/mol. The third kappa shape index (κ3) is 3.60. The molecule has 2 heterocycles. The molecule has 0 bridgehead atoms. The molecule has 100 valence electrons. The summed E-state index contributed by atoms with van der Waals surface area (Å²) in [5.41, 5.74) is 6.39. The molecule has 0 aromatic heterocycles. The predicted molar refractivity (Wildman–Crippen MR) is 72.4 cm³/mol. The Morgan fingerprint density at radius 3 is 2.94 bits per heavy atom. The largest absolute Gasteiger partial charge is 0.380 e. The Balaban J connectivity index is 1.87. The van der Waals surface area contributed by atoms with Crippen LogP contribution in [0.25, 0.3) is 0 Å². The molecule has 0 saturated carbocycles. The van der Waals surface area contributed by atoms with Crippen molar-refractivity contribution in [3.8, 4) is 0 Å². The van der Waals surface area contributed by atoms with E-state index in [1.54, 1.807) is 0 Å². The molecule has 2 aliphatic heterocycles. The summed E-state index contributed by atoms with van der Waals surface area (Å²) in [7, 11) is 0. The molecule has 3 nitrogen and oxygen atoms in total. The first-order chi connectivity index (χ1) is 8.26. The van der Waals surface area contributed by atoms with E-state index in [1.165, 1.54) is 24.3 Å². The Bertz CT molecular complexity index is 226.